The summed E-state index contributed by atoms with van der Waals surface area (Å²) in [5.41, 5.74) is 1.66. The topological polar surface area (TPSA) is 75.3 Å². The van der Waals surface area contributed by atoms with Crippen molar-refractivity contribution in [1.29, 1.82) is 0 Å². The number of rotatable bonds is 7. The van der Waals surface area contributed by atoms with E-state index in [-0.39, 0.29) is 24.7 Å². The third-order valence-electron chi connectivity index (χ3n) is 2.52. The third kappa shape index (κ3) is 5.85. The molecule has 1 aromatic rings. The molecule has 19 heavy (non-hydrogen) atoms. The van der Waals surface area contributed by atoms with Crippen molar-refractivity contribution < 1.29 is 13.2 Å². The van der Waals surface area contributed by atoms with Crippen molar-refractivity contribution >= 4 is 15.9 Å². The van der Waals surface area contributed by atoms with Gasteiger partial charge >= 0.3 is 0 Å². The molecule has 0 spiro atoms. The number of carbonyl (C=O) groups excluding carboxylic acids is 1. The van der Waals surface area contributed by atoms with Crippen LogP contribution in [0.4, 0.5) is 0 Å². The number of sulfonamides is 1. The molecule has 0 aromatic heterocycles. The molecule has 0 atom stereocenters. The molecule has 6 heteroatoms. The first kappa shape index (κ1) is 15.7. The van der Waals surface area contributed by atoms with E-state index in [0.29, 0.717) is 12.0 Å². The summed E-state index contributed by atoms with van der Waals surface area (Å²) in [6.07, 6.45) is 0.574. The van der Waals surface area contributed by atoms with Crippen LogP contribution in [-0.2, 0) is 10.0 Å². The van der Waals surface area contributed by atoms with Crippen LogP contribution in [-0.4, -0.2) is 33.2 Å². The van der Waals surface area contributed by atoms with Crippen LogP contribution >= 0.6 is 0 Å². The van der Waals surface area contributed by atoms with E-state index in [1.165, 1.54) is 0 Å². The van der Waals surface area contributed by atoms with Gasteiger partial charge in [0.15, 0.2) is 0 Å². The second kappa shape index (κ2) is 7.25. The second-order valence-electron chi connectivity index (χ2n) is 4.34. The Bertz CT molecular complexity index is 509. The molecule has 0 fully saturated rings. The van der Waals surface area contributed by atoms with Gasteiger partial charge in [-0.2, -0.15) is 0 Å². The number of carbonyl (C=O) groups is 1. The Kier molecular flexibility index (Phi) is 5.98. The summed E-state index contributed by atoms with van der Waals surface area (Å²) < 4.78 is 25.2. The zero-order valence-corrected chi connectivity index (χ0v) is 12.1. The molecule has 5 nitrogen and oxygen atoms in total. The molecule has 1 rings (SSSR count). The molecule has 0 aliphatic carbocycles. The highest BCUT2D eigenvalue weighted by Gasteiger charge is 2.08. The maximum Gasteiger partial charge on any atom is 0.251 e. The van der Waals surface area contributed by atoms with Crippen LogP contribution < -0.4 is 10.0 Å². The van der Waals surface area contributed by atoms with Gasteiger partial charge in [-0.3, -0.25) is 4.79 Å². The molecule has 0 aliphatic rings. The van der Waals surface area contributed by atoms with Crippen LogP contribution in [0, 0.1) is 6.92 Å². The SMILES string of the molecule is CCCS(=O)(=O)NCCNC(=O)c1ccc(C)cc1. The van der Waals surface area contributed by atoms with Crippen LogP contribution in [0.2, 0.25) is 0 Å². The minimum atomic E-state index is -3.20. The van der Waals surface area contributed by atoms with Crippen molar-refractivity contribution in [1.82, 2.24) is 10.0 Å². The molecule has 1 aromatic carbocycles. The Labute approximate surface area is 114 Å². The normalized spacial score (nSPS) is 11.3. The summed E-state index contributed by atoms with van der Waals surface area (Å²) in [5, 5.41) is 2.67. The Balaban J connectivity index is 2.34. The van der Waals surface area contributed by atoms with E-state index in [1.54, 1.807) is 19.1 Å². The number of aryl methyl sites for hydroxylation is 1. The summed E-state index contributed by atoms with van der Waals surface area (Å²) in [7, 11) is -3.20. The van der Waals surface area contributed by atoms with Crippen molar-refractivity contribution in [3.05, 3.63) is 35.4 Å². The average Bonchev–Trinajstić information content (AvgIpc) is 2.35. The van der Waals surface area contributed by atoms with Crippen LogP contribution in [0.5, 0.6) is 0 Å². The molecule has 1 amide bonds. The average molecular weight is 284 g/mol. The standard InChI is InChI=1S/C13H20N2O3S/c1-3-10-19(17,18)15-9-8-14-13(16)12-6-4-11(2)5-7-12/h4-7,15H,3,8-10H2,1-2H3,(H,14,16). The number of hydrogen-bond acceptors (Lipinski definition) is 3. The predicted molar refractivity (Wildman–Crippen MR) is 75.6 cm³/mol. The van der Waals surface area contributed by atoms with Gasteiger partial charge in [-0.15, -0.1) is 0 Å². The van der Waals surface area contributed by atoms with Crippen LogP contribution in [0.1, 0.15) is 29.3 Å². The number of hydrogen-bond donors (Lipinski definition) is 2. The number of nitrogens with one attached hydrogen (secondary N) is 2. The van der Waals surface area contributed by atoms with Crippen LogP contribution in [0.3, 0.4) is 0 Å². The molecule has 106 valence electrons. The number of amides is 1. The van der Waals surface area contributed by atoms with Gasteiger partial charge in [0.25, 0.3) is 5.91 Å². The van der Waals surface area contributed by atoms with E-state index in [2.05, 4.69) is 10.0 Å². The van der Waals surface area contributed by atoms with Crippen molar-refractivity contribution in [3.8, 4) is 0 Å². The molecular formula is C13H20N2O3S. The van der Waals surface area contributed by atoms with Crippen molar-refractivity contribution in [3.63, 3.8) is 0 Å². The second-order valence-corrected chi connectivity index (χ2v) is 6.26. The Morgan fingerprint density at radius 3 is 2.37 bits per heavy atom. The predicted octanol–water partition coefficient (Wildman–Crippen LogP) is 1.05. The quantitative estimate of drug-likeness (QED) is 0.735. The number of benzene rings is 1. The lowest BCUT2D eigenvalue weighted by Crippen LogP contribution is -2.35. The van der Waals surface area contributed by atoms with Gasteiger partial charge in [-0.05, 0) is 25.5 Å². The highest BCUT2D eigenvalue weighted by molar-refractivity contribution is 7.89. The zero-order chi connectivity index (χ0) is 14.3. The Morgan fingerprint density at radius 2 is 1.79 bits per heavy atom. The maximum absolute atomic E-state index is 11.7. The van der Waals surface area contributed by atoms with E-state index in [9.17, 15) is 13.2 Å². The lowest BCUT2D eigenvalue weighted by Gasteiger charge is -2.07. The first-order valence-corrected chi connectivity index (χ1v) is 7.92. The smallest absolute Gasteiger partial charge is 0.251 e. The van der Waals surface area contributed by atoms with Gasteiger partial charge < -0.3 is 5.32 Å². The zero-order valence-electron chi connectivity index (χ0n) is 11.3. The van der Waals surface area contributed by atoms with Gasteiger partial charge in [0.2, 0.25) is 10.0 Å². The van der Waals surface area contributed by atoms with E-state index in [4.69, 9.17) is 0 Å². The summed E-state index contributed by atoms with van der Waals surface area (Å²) in [6.45, 7) is 4.23. The molecule has 2 N–H and O–H groups in total. The molecule has 0 saturated heterocycles. The van der Waals surface area contributed by atoms with Gasteiger partial charge in [0, 0.05) is 18.7 Å². The molecule has 0 saturated carbocycles. The van der Waals surface area contributed by atoms with Gasteiger partial charge in [-0.25, -0.2) is 13.1 Å². The Morgan fingerprint density at radius 1 is 1.16 bits per heavy atom. The minimum absolute atomic E-state index is 0.110. The molecule has 0 aliphatic heterocycles. The molecule has 0 heterocycles. The van der Waals surface area contributed by atoms with Crippen LogP contribution in [0.25, 0.3) is 0 Å². The molecule has 0 unspecified atom stereocenters. The van der Waals surface area contributed by atoms with E-state index >= 15 is 0 Å². The highest BCUT2D eigenvalue weighted by atomic mass is 32.2. The lowest BCUT2D eigenvalue weighted by molar-refractivity contribution is 0.0954. The molecular weight excluding hydrogens is 264 g/mol. The van der Waals surface area contributed by atoms with E-state index in [0.717, 1.165) is 5.56 Å². The van der Waals surface area contributed by atoms with Crippen molar-refractivity contribution in [2.24, 2.45) is 0 Å². The minimum Gasteiger partial charge on any atom is -0.351 e. The largest absolute Gasteiger partial charge is 0.351 e. The molecule has 0 radical (unpaired) electrons. The lowest BCUT2D eigenvalue weighted by atomic mass is 10.1. The fraction of sp³-hybridized carbons (Fsp3) is 0.462. The van der Waals surface area contributed by atoms with Gasteiger partial charge in [0.05, 0.1) is 5.75 Å². The highest BCUT2D eigenvalue weighted by Crippen LogP contribution is 2.02. The first-order valence-electron chi connectivity index (χ1n) is 6.27. The van der Waals surface area contributed by atoms with Crippen molar-refractivity contribution in [2.75, 3.05) is 18.8 Å². The van der Waals surface area contributed by atoms with Crippen molar-refractivity contribution in [2.45, 2.75) is 20.3 Å². The van der Waals surface area contributed by atoms with Gasteiger partial charge in [-0.1, -0.05) is 24.6 Å². The Hall–Kier alpha value is -1.40. The summed E-state index contributed by atoms with van der Waals surface area (Å²) in [4.78, 5) is 11.7. The third-order valence-corrected chi connectivity index (χ3v) is 4.11. The monoisotopic (exact) mass is 284 g/mol. The first-order chi connectivity index (χ1) is 8.94. The summed E-state index contributed by atoms with van der Waals surface area (Å²) in [6, 6.07) is 7.20. The maximum atomic E-state index is 11.7. The van der Waals surface area contributed by atoms with E-state index in [1.807, 2.05) is 19.1 Å². The van der Waals surface area contributed by atoms with Gasteiger partial charge in [0.1, 0.15) is 0 Å². The van der Waals surface area contributed by atoms with E-state index < -0.39 is 10.0 Å². The summed E-state index contributed by atoms with van der Waals surface area (Å²) in [5.74, 6) is -0.0893. The summed E-state index contributed by atoms with van der Waals surface area (Å²) >= 11 is 0. The fourth-order valence-corrected chi connectivity index (χ4v) is 2.63. The molecule has 0 bridgehead atoms. The van der Waals surface area contributed by atoms with Crippen LogP contribution in [0.15, 0.2) is 24.3 Å². The fourth-order valence-electron chi connectivity index (χ4n) is 1.53.